The zero-order valence-electron chi connectivity index (χ0n) is 12.0. The Kier molecular flexibility index (Phi) is 5.02. The first-order valence-corrected chi connectivity index (χ1v) is 7.24. The van der Waals surface area contributed by atoms with Crippen LogP contribution in [-0.4, -0.2) is 31.3 Å². The first-order chi connectivity index (χ1) is 9.22. The molecule has 1 aromatic rings. The van der Waals surface area contributed by atoms with Crippen LogP contribution in [0.2, 0.25) is 0 Å². The normalized spacial score (nSPS) is 18.0. The largest absolute Gasteiger partial charge is 0.381 e. The Morgan fingerprint density at radius 3 is 2.58 bits per heavy atom. The molecule has 1 saturated heterocycles. The SMILES string of the molecule is CCCNc1cccc(NCC2(C)CCOCC2)n1. The third-order valence-electron chi connectivity index (χ3n) is 3.70. The van der Waals surface area contributed by atoms with Gasteiger partial charge in [-0.25, -0.2) is 4.98 Å². The Morgan fingerprint density at radius 2 is 1.89 bits per heavy atom. The van der Waals surface area contributed by atoms with Gasteiger partial charge < -0.3 is 15.4 Å². The van der Waals surface area contributed by atoms with Gasteiger partial charge in [0.05, 0.1) is 0 Å². The fourth-order valence-electron chi connectivity index (χ4n) is 2.23. The first-order valence-electron chi connectivity index (χ1n) is 7.24. The van der Waals surface area contributed by atoms with Crippen LogP contribution in [0.15, 0.2) is 18.2 Å². The summed E-state index contributed by atoms with van der Waals surface area (Å²) < 4.78 is 5.43. The molecule has 0 aromatic carbocycles. The van der Waals surface area contributed by atoms with E-state index in [0.29, 0.717) is 5.41 Å². The predicted octanol–water partition coefficient (Wildman–Crippen LogP) is 3.13. The van der Waals surface area contributed by atoms with Crippen molar-refractivity contribution in [3.63, 3.8) is 0 Å². The molecule has 0 radical (unpaired) electrons. The summed E-state index contributed by atoms with van der Waals surface area (Å²) in [4.78, 5) is 4.57. The van der Waals surface area contributed by atoms with Gasteiger partial charge in [0.25, 0.3) is 0 Å². The van der Waals surface area contributed by atoms with Crippen molar-refractivity contribution in [1.29, 1.82) is 0 Å². The Hall–Kier alpha value is -1.29. The standard InChI is InChI=1S/C15H25N3O/c1-3-9-16-13-5-4-6-14(18-13)17-12-15(2)7-10-19-11-8-15/h4-6H,3,7-12H2,1-2H3,(H2,16,17,18). The zero-order valence-corrected chi connectivity index (χ0v) is 12.0. The first kappa shape index (κ1) is 14.1. The molecule has 4 heteroatoms. The van der Waals surface area contributed by atoms with Gasteiger partial charge in [-0.15, -0.1) is 0 Å². The predicted molar refractivity (Wildman–Crippen MR) is 79.7 cm³/mol. The summed E-state index contributed by atoms with van der Waals surface area (Å²) in [5.41, 5.74) is 0.326. The average Bonchev–Trinajstić information content (AvgIpc) is 2.44. The van der Waals surface area contributed by atoms with E-state index in [2.05, 4.69) is 29.5 Å². The Morgan fingerprint density at radius 1 is 1.21 bits per heavy atom. The second kappa shape index (κ2) is 6.75. The van der Waals surface area contributed by atoms with Crippen LogP contribution in [0, 0.1) is 5.41 Å². The van der Waals surface area contributed by atoms with Crippen molar-refractivity contribution in [2.75, 3.05) is 36.9 Å². The molecule has 2 rings (SSSR count). The molecule has 1 fully saturated rings. The molecule has 0 atom stereocenters. The van der Waals surface area contributed by atoms with Crippen LogP contribution in [0.1, 0.15) is 33.1 Å². The van der Waals surface area contributed by atoms with E-state index in [1.807, 2.05) is 18.2 Å². The van der Waals surface area contributed by atoms with E-state index in [9.17, 15) is 0 Å². The van der Waals surface area contributed by atoms with Crippen molar-refractivity contribution < 1.29 is 4.74 Å². The molecule has 1 aliphatic heterocycles. The van der Waals surface area contributed by atoms with Gasteiger partial charge in [0, 0.05) is 26.3 Å². The highest BCUT2D eigenvalue weighted by Crippen LogP contribution is 2.29. The molecule has 2 N–H and O–H groups in total. The maximum atomic E-state index is 5.43. The molecular formula is C15H25N3O. The molecule has 0 spiro atoms. The fraction of sp³-hybridized carbons (Fsp3) is 0.667. The maximum Gasteiger partial charge on any atom is 0.128 e. The lowest BCUT2D eigenvalue weighted by Gasteiger charge is -2.33. The number of hydrogen-bond acceptors (Lipinski definition) is 4. The average molecular weight is 263 g/mol. The summed E-state index contributed by atoms with van der Waals surface area (Å²) >= 11 is 0. The van der Waals surface area contributed by atoms with Crippen LogP contribution < -0.4 is 10.6 Å². The van der Waals surface area contributed by atoms with Crippen molar-refractivity contribution in [3.05, 3.63) is 18.2 Å². The smallest absolute Gasteiger partial charge is 0.128 e. The summed E-state index contributed by atoms with van der Waals surface area (Å²) in [6.45, 7) is 8.16. The summed E-state index contributed by atoms with van der Waals surface area (Å²) in [6.07, 6.45) is 3.35. The molecule has 0 unspecified atom stereocenters. The monoisotopic (exact) mass is 263 g/mol. The molecule has 0 saturated carbocycles. The van der Waals surface area contributed by atoms with Crippen molar-refractivity contribution in [1.82, 2.24) is 4.98 Å². The molecule has 0 aliphatic carbocycles. The van der Waals surface area contributed by atoms with Crippen LogP contribution in [0.5, 0.6) is 0 Å². The maximum absolute atomic E-state index is 5.43. The van der Waals surface area contributed by atoms with E-state index >= 15 is 0 Å². The number of rotatable bonds is 6. The number of nitrogens with one attached hydrogen (secondary N) is 2. The number of pyridine rings is 1. The summed E-state index contributed by atoms with van der Waals surface area (Å²) in [5.74, 6) is 1.90. The summed E-state index contributed by atoms with van der Waals surface area (Å²) in [5, 5.41) is 6.78. The topological polar surface area (TPSA) is 46.2 Å². The van der Waals surface area contributed by atoms with E-state index in [-0.39, 0.29) is 0 Å². The minimum absolute atomic E-state index is 0.326. The number of aromatic nitrogens is 1. The Bertz CT molecular complexity index is 389. The number of ether oxygens (including phenoxy) is 1. The molecule has 0 amide bonds. The van der Waals surface area contributed by atoms with E-state index in [4.69, 9.17) is 4.74 Å². The van der Waals surface area contributed by atoms with Crippen LogP contribution in [0.25, 0.3) is 0 Å². The zero-order chi connectivity index (χ0) is 13.6. The van der Waals surface area contributed by atoms with E-state index < -0.39 is 0 Å². The van der Waals surface area contributed by atoms with Gasteiger partial charge in [-0.05, 0) is 36.8 Å². The van der Waals surface area contributed by atoms with Gasteiger partial charge in [0.1, 0.15) is 11.6 Å². The van der Waals surface area contributed by atoms with Crippen molar-refractivity contribution in [2.24, 2.45) is 5.41 Å². The van der Waals surface area contributed by atoms with Crippen molar-refractivity contribution in [2.45, 2.75) is 33.1 Å². The van der Waals surface area contributed by atoms with E-state index in [0.717, 1.165) is 57.2 Å². The number of nitrogens with zero attached hydrogens (tertiary/aromatic N) is 1. The quantitative estimate of drug-likeness (QED) is 0.827. The number of hydrogen-bond donors (Lipinski definition) is 2. The third kappa shape index (κ3) is 4.39. The molecule has 2 heterocycles. The van der Waals surface area contributed by atoms with Gasteiger partial charge in [0.2, 0.25) is 0 Å². The van der Waals surface area contributed by atoms with Crippen LogP contribution in [0.4, 0.5) is 11.6 Å². The van der Waals surface area contributed by atoms with Gasteiger partial charge in [-0.3, -0.25) is 0 Å². The highest BCUT2D eigenvalue weighted by molar-refractivity contribution is 5.45. The van der Waals surface area contributed by atoms with Crippen molar-refractivity contribution >= 4 is 11.6 Å². The fourth-order valence-corrected chi connectivity index (χ4v) is 2.23. The van der Waals surface area contributed by atoms with Gasteiger partial charge in [0.15, 0.2) is 0 Å². The third-order valence-corrected chi connectivity index (χ3v) is 3.70. The van der Waals surface area contributed by atoms with Crippen molar-refractivity contribution in [3.8, 4) is 0 Å². The van der Waals surface area contributed by atoms with Crippen LogP contribution in [-0.2, 0) is 4.74 Å². The van der Waals surface area contributed by atoms with E-state index in [1.165, 1.54) is 0 Å². The van der Waals surface area contributed by atoms with Gasteiger partial charge >= 0.3 is 0 Å². The molecular weight excluding hydrogens is 238 g/mol. The minimum Gasteiger partial charge on any atom is -0.381 e. The van der Waals surface area contributed by atoms with Gasteiger partial charge in [-0.2, -0.15) is 0 Å². The van der Waals surface area contributed by atoms with Crippen LogP contribution in [0.3, 0.4) is 0 Å². The molecule has 1 aliphatic rings. The highest BCUT2D eigenvalue weighted by Gasteiger charge is 2.27. The van der Waals surface area contributed by atoms with Gasteiger partial charge in [-0.1, -0.05) is 19.9 Å². The Labute approximate surface area is 116 Å². The summed E-state index contributed by atoms with van der Waals surface area (Å²) in [6, 6.07) is 6.08. The lowest BCUT2D eigenvalue weighted by molar-refractivity contribution is 0.0300. The number of anilines is 2. The molecule has 1 aromatic heterocycles. The highest BCUT2D eigenvalue weighted by atomic mass is 16.5. The molecule has 19 heavy (non-hydrogen) atoms. The lowest BCUT2D eigenvalue weighted by Crippen LogP contribution is -2.33. The Balaban J connectivity index is 1.88. The van der Waals surface area contributed by atoms with E-state index in [1.54, 1.807) is 0 Å². The second-order valence-electron chi connectivity index (χ2n) is 5.61. The minimum atomic E-state index is 0.326. The molecule has 4 nitrogen and oxygen atoms in total. The lowest BCUT2D eigenvalue weighted by atomic mass is 9.82. The second-order valence-corrected chi connectivity index (χ2v) is 5.61. The summed E-state index contributed by atoms with van der Waals surface area (Å²) in [7, 11) is 0. The van der Waals surface area contributed by atoms with Crippen LogP contribution >= 0.6 is 0 Å². The molecule has 0 bridgehead atoms. The molecule has 106 valence electrons.